The highest BCUT2D eigenvalue weighted by Crippen LogP contribution is 2.35. The van der Waals surface area contributed by atoms with Crippen molar-refractivity contribution in [3.8, 4) is 0 Å². The summed E-state index contributed by atoms with van der Waals surface area (Å²) in [4.78, 5) is 17.1. The number of phosphoric acid groups is 1. The van der Waals surface area contributed by atoms with E-state index in [1.165, 1.54) is 44.9 Å². The summed E-state index contributed by atoms with van der Waals surface area (Å²) in [6, 6.07) is -0.845. The third-order valence-electron chi connectivity index (χ3n) is 3.43. The van der Waals surface area contributed by atoms with E-state index in [0.717, 1.165) is 12.8 Å². The molecular weight excluding hydrogens is 305 g/mol. The minimum atomic E-state index is -4.53. The summed E-state index contributed by atoms with van der Waals surface area (Å²) in [6.45, 7) is 1.83. The van der Waals surface area contributed by atoms with E-state index in [-0.39, 0.29) is 6.61 Å². The second-order valence-electron chi connectivity index (χ2n) is 5.63. The van der Waals surface area contributed by atoms with Crippen LogP contribution in [-0.4, -0.2) is 33.6 Å². The fraction of sp³-hybridized carbons (Fsp3) is 0.867. The van der Waals surface area contributed by atoms with E-state index in [0.29, 0.717) is 0 Å². The van der Waals surface area contributed by atoms with E-state index in [2.05, 4.69) is 11.4 Å². The van der Waals surface area contributed by atoms with E-state index < -0.39 is 20.0 Å². The van der Waals surface area contributed by atoms with Gasteiger partial charge in [-0.1, -0.05) is 64.0 Å². The quantitative estimate of drug-likeness (QED) is 0.220. The summed E-state index contributed by atoms with van der Waals surface area (Å²) in [5.74, 6) is 0. The Morgan fingerprint density at radius 2 is 1.64 bits per heavy atom. The number of aliphatic hydroxyl groups excluding tert-OH is 1. The molecule has 0 saturated heterocycles. The lowest BCUT2D eigenvalue weighted by Gasteiger charge is -2.15. The summed E-state index contributed by atoms with van der Waals surface area (Å²) < 4.78 is 14.8. The van der Waals surface area contributed by atoms with Crippen molar-refractivity contribution < 1.29 is 24.0 Å². The van der Waals surface area contributed by atoms with Crippen molar-refractivity contribution in [3.05, 3.63) is 12.2 Å². The molecule has 0 saturated carbocycles. The molecule has 132 valence electrons. The predicted octanol–water partition coefficient (Wildman–Crippen LogP) is 2.87. The van der Waals surface area contributed by atoms with Crippen LogP contribution in [0.4, 0.5) is 0 Å². The molecule has 0 aromatic heterocycles. The van der Waals surface area contributed by atoms with Crippen LogP contribution in [0.15, 0.2) is 12.2 Å². The standard InChI is InChI=1S/C15H32NO5P/c1-2-3-4-5-6-7-8-9-10-11-12-15(17)14(16)13-21-22(18,19)20/h11-12,14-15,17H,2-10,13,16H2,1H3,(H2,18,19,20)/b12-11+/t14-,15+/m0/s1. The van der Waals surface area contributed by atoms with Crippen molar-refractivity contribution in [1.29, 1.82) is 0 Å². The number of aliphatic hydroxyl groups is 1. The second kappa shape index (κ2) is 13.2. The molecule has 0 bridgehead atoms. The number of nitrogens with two attached hydrogens (primary N) is 1. The lowest BCUT2D eigenvalue weighted by molar-refractivity contribution is 0.129. The van der Waals surface area contributed by atoms with Crippen LogP contribution < -0.4 is 5.73 Å². The molecule has 0 spiro atoms. The monoisotopic (exact) mass is 337 g/mol. The molecule has 2 atom stereocenters. The maximum atomic E-state index is 10.5. The molecule has 0 unspecified atom stereocenters. The number of rotatable bonds is 14. The second-order valence-corrected chi connectivity index (χ2v) is 6.87. The average Bonchev–Trinajstić information content (AvgIpc) is 2.45. The first-order valence-corrected chi connectivity index (χ1v) is 9.70. The van der Waals surface area contributed by atoms with Crippen molar-refractivity contribution in [3.63, 3.8) is 0 Å². The molecule has 7 heteroatoms. The number of hydrogen-bond donors (Lipinski definition) is 4. The van der Waals surface area contributed by atoms with Crippen LogP contribution in [0.2, 0.25) is 0 Å². The molecule has 22 heavy (non-hydrogen) atoms. The molecule has 0 radical (unpaired) electrons. The normalized spacial score (nSPS) is 15.3. The Kier molecular flexibility index (Phi) is 13.1. The summed E-state index contributed by atoms with van der Waals surface area (Å²) in [5.41, 5.74) is 5.58. The van der Waals surface area contributed by atoms with Crippen LogP contribution >= 0.6 is 7.82 Å². The van der Waals surface area contributed by atoms with Crippen LogP contribution in [0.1, 0.15) is 64.7 Å². The number of hydrogen-bond acceptors (Lipinski definition) is 4. The van der Waals surface area contributed by atoms with Gasteiger partial charge in [-0.25, -0.2) is 4.57 Å². The summed E-state index contributed by atoms with van der Waals surface area (Å²) in [7, 11) is -4.53. The first kappa shape index (κ1) is 21.8. The highest BCUT2D eigenvalue weighted by Gasteiger charge is 2.19. The molecule has 0 amide bonds. The van der Waals surface area contributed by atoms with E-state index in [4.69, 9.17) is 15.5 Å². The van der Waals surface area contributed by atoms with Crippen LogP contribution in [0.5, 0.6) is 0 Å². The van der Waals surface area contributed by atoms with Crippen LogP contribution in [-0.2, 0) is 9.09 Å². The van der Waals surface area contributed by atoms with Gasteiger partial charge in [-0.15, -0.1) is 0 Å². The van der Waals surface area contributed by atoms with Gasteiger partial charge in [0.25, 0.3) is 0 Å². The minimum absolute atomic E-state index is 0.381. The molecule has 5 N–H and O–H groups in total. The highest BCUT2D eigenvalue weighted by molar-refractivity contribution is 7.46. The van der Waals surface area contributed by atoms with Gasteiger partial charge < -0.3 is 20.6 Å². The van der Waals surface area contributed by atoms with E-state index in [1.807, 2.05) is 6.08 Å². The lowest BCUT2D eigenvalue weighted by atomic mass is 10.1. The van der Waals surface area contributed by atoms with Gasteiger partial charge in [-0.05, 0) is 12.8 Å². The number of unbranched alkanes of at least 4 members (excludes halogenated alkanes) is 8. The van der Waals surface area contributed by atoms with Crippen LogP contribution in [0.3, 0.4) is 0 Å². The molecule has 0 aromatic carbocycles. The maximum absolute atomic E-state index is 10.5. The van der Waals surface area contributed by atoms with Crippen molar-refractivity contribution in [2.24, 2.45) is 5.73 Å². The zero-order valence-electron chi connectivity index (χ0n) is 13.6. The SMILES string of the molecule is CCCCCCCCCC/C=C/[C@@H](O)[C@@H](N)COP(=O)(O)O. The Bertz CT molecular complexity index is 332. The zero-order valence-corrected chi connectivity index (χ0v) is 14.5. The number of allylic oxidation sites excluding steroid dienone is 1. The molecule has 0 aliphatic rings. The molecule has 0 heterocycles. The Labute approximate surface area is 134 Å². The Balaban J connectivity index is 3.56. The van der Waals surface area contributed by atoms with Crippen molar-refractivity contribution >= 4 is 7.82 Å². The third kappa shape index (κ3) is 14.7. The molecule has 6 nitrogen and oxygen atoms in total. The summed E-state index contributed by atoms with van der Waals surface area (Å²) in [6.07, 6.45) is 13.4. The average molecular weight is 337 g/mol. The topological polar surface area (TPSA) is 113 Å². The van der Waals surface area contributed by atoms with E-state index in [9.17, 15) is 9.67 Å². The van der Waals surface area contributed by atoms with Gasteiger partial charge in [0.2, 0.25) is 0 Å². The zero-order chi connectivity index (χ0) is 16.8. The van der Waals surface area contributed by atoms with Gasteiger partial charge in [0.1, 0.15) is 0 Å². The Morgan fingerprint density at radius 3 is 2.18 bits per heavy atom. The summed E-state index contributed by atoms with van der Waals surface area (Å²) in [5, 5.41) is 9.69. The molecule has 0 rings (SSSR count). The van der Waals surface area contributed by atoms with Gasteiger partial charge in [-0.3, -0.25) is 4.52 Å². The van der Waals surface area contributed by atoms with Crippen molar-refractivity contribution in [2.45, 2.75) is 76.9 Å². The van der Waals surface area contributed by atoms with Crippen LogP contribution in [0, 0.1) is 0 Å². The Hall–Kier alpha value is -0.230. The van der Waals surface area contributed by atoms with Gasteiger partial charge in [-0.2, -0.15) is 0 Å². The van der Waals surface area contributed by atoms with Gasteiger partial charge in [0, 0.05) is 0 Å². The van der Waals surface area contributed by atoms with Gasteiger partial charge in [0.05, 0.1) is 18.8 Å². The highest BCUT2D eigenvalue weighted by atomic mass is 31.2. The molecular formula is C15H32NO5P. The maximum Gasteiger partial charge on any atom is 0.469 e. The van der Waals surface area contributed by atoms with Crippen molar-refractivity contribution in [1.82, 2.24) is 0 Å². The van der Waals surface area contributed by atoms with E-state index in [1.54, 1.807) is 6.08 Å². The van der Waals surface area contributed by atoms with Crippen molar-refractivity contribution in [2.75, 3.05) is 6.61 Å². The molecule has 0 aliphatic heterocycles. The fourth-order valence-electron chi connectivity index (χ4n) is 2.06. The third-order valence-corrected chi connectivity index (χ3v) is 3.92. The van der Waals surface area contributed by atoms with Gasteiger partial charge >= 0.3 is 7.82 Å². The minimum Gasteiger partial charge on any atom is -0.387 e. The first-order chi connectivity index (χ1) is 10.4. The first-order valence-electron chi connectivity index (χ1n) is 8.17. The summed E-state index contributed by atoms with van der Waals surface area (Å²) >= 11 is 0. The van der Waals surface area contributed by atoms with E-state index >= 15 is 0 Å². The largest absolute Gasteiger partial charge is 0.469 e. The lowest BCUT2D eigenvalue weighted by Crippen LogP contribution is -2.37. The number of phosphoric ester groups is 1. The van der Waals surface area contributed by atoms with Crippen LogP contribution in [0.25, 0.3) is 0 Å². The Morgan fingerprint density at radius 1 is 1.09 bits per heavy atom. The van der Waals surface area contributed by atoms with Gasteiger partial charge in [0.15, 0.2) is 0 Å². The molecule has 0 aliphatic carbocycles. The smallest absolute Gasteiger partial charge is 0.387 e. The predicted molar refractivity (Wildman–Crippen MR) is 88.3 cm³/mol. The molecule has 0 aromatic rings. The molecule has 0 fully saturated rings. The fourth-order valence-corrected chi connectivity index (χ4v) is 2.42.